The van der Waals surface area contributed by atoms with E-state index in [2.05, 4.69) is 5.32 Å². The molecule has 0 aliphatic carbocycles. The fraction of sp³-hybridized carbons (Fsp3) is 0.167. The van der Waals surface area contributed by atoms with Crippen molar-refractivity contribution in [3.8, 4) is 0 Å². The number of hydrogen-bond acceptors (Lipinski definition) is 1. The number of nitrogens with zero attached hydrogens (tertiary/aromatic N) is 1. The largest absolute Gasteiger partial charge is 0.350 e. The third-order valence-electron chi connectivity index (χ3n) is 3.88. The van der Waals surface area contributed by atoms with Gasteiger partial charge in [-0.15, -0.1) is 0 Å². The fourth-order valence-corrected chi connectivity index (χ4v) is 2.79. The summed E-state index contributed by atoms with van der Waals surface area (Å²) in [7, 11) is 1.82. The highest BCUT2D eigenvalue weighted by atomic mass is 35.5. The molecular formula is C18H16ClFN2O. The standard InChI is InChI=1S/C18H16ClFN2O/c1-22-16-11-14(19)7-6-13(16)10-17(22)18(23)21-9-8-12-4-2-3-5-15(12)20/h2-7,10-11H,8-9H2,1H3,(H,21,23). The van der Waals surface area contributed by atoms with Crippen molar-refractivity contribution < 1.29 is 9.18 Å². The van der Waals surface area contributed by atoms with E-state index in [0.29, 0.717) is 29.2 Å². The van der Waals surface area contributed by atoms with Gasteiger partial charge < -0.3 is 9.88 Å². The van der Waals surface area contributed by atoms with Gasteiger partial charge in [0.05, 0.1) is 0 Å². The molecule has 0 aliphatic heterocycles. The summed E-state index contributed by atoms with van der Waals surface area (Å²) in [5.41, 5.74) is 2.05. The number of halogens is 2. The minimum atomic E-state index is -0.249. The first-order chi connectivity index (χ1) is 11.1. The average Bonchev–Trinajstić information content (AvgIpc) is 2.86. The maximum Gasteiger partial charge on any atom is 0.267 e. The molecule has 3 rings (SSSR count). The van der Waals surface area contributed by atoms with Gasteiger partial charge in [0.1, 0.15) is 11.5 Å². The van der Waals surface area contributed by atoms with Gasteiger partial charge in [-0.3, -0.25) is 4.79 Å². The van der Waals surface area contributed by atoms with Gasteiger partial charge in [-0.25, -0.2) is 4.39 Å². The van der Waals surface area contributed by atoms with Crippen LogP contribution < -0.4 is 5.32 Å². The smallest absolute Gasteiger partial charge is 0.267 e. The molecule has 1 N–H and O–H groups in total. The molecular weight excluding hydrogens is 315 g/mol. The van der Waals surface area contributed by atoms with Crippen molar-refractivity contribution in [1.82, 2.24) is 9.88 Å². The summed E-state index contributed by atoms with van der Waals surface area (Å²) in [6.45, 7) is 0.377. The number of carbonyl (C=O) groups is 1. The van der Waals surface area contributed by atoms with E-state index in [9.17, 15) is 9.18 Å². The molecule has 0 bridgehead atoms. The Morgan fingerprint density at radius 3 is 2.78 bits per heavy atom. The highest BCUT2D eigenvalue weighted by Gasteiger charge is 2.13. The molecule has 0 radical (unpaired) electrons. The monoisotopic (exact) mass is 330 g/mol. The zero-order valence-corrected chi connectivity index (χ0v) is 13.4. The lowest BCUT2D eigenvalue weighted by molar-refractivity contribution is 0.0946. The number of aryl methyl sites for hydroxylation is 1. The van der Waals surface area contributed by atoms with Crippen molar-refractivity contribution >= 4 is 28.4 Å². The maximum absolute atomic E-state index is 13.5. The molecule has 0 fully saturated rings. The minimum Gasteiger partial charge on any atom is -0.350 e. The van der Waals surface area contributed by atoms with Crippen LogP contribution in [0.4, 0.5) is 4.39 Å². The second-order valence-corrected chi connectivity index (χ2v) is 5.83. The maximum atomic E-state index is 13.5. The molecule has 1 amide bonds. The Labute approximate surface area is 138 Å². The van der Waals surface area contributed by atoms with Gasteiger partial charge in [0.15, 0.2) is 0 Å². The Morgan fingerprint density at radius 2 is 2.00 bits per heavy atom. The van der Waals surface area contributed by atoms with Crippen molar-refractivity contribution in [1.29, 1.82) is 0 Å². The molecule has 3 aromatic rings. The Kier molecular flexibility index (Phi) is 4.35. The van der Waals surface area contributed by atoms with Crippen LogP contribution in [0.15, 0.2) is 48.5 Å². The normalized spacial score (nSPS) is 10.9. The molecule has 2 aromatic carbocycles. The van der Waals surface area contributed by atoms with Crippen LogP contribution in [0.3, 0.4) is 0 Å². The average molecular weight is 331 g/mol. The second-order valence-electron chi connectivity index (χ2n) is 5.39. The van der Waals surface area contributed by atoms with Crippen LogP contribution in [0.1, 0.15) is 16.1 Å². The van der Waals surface area contributed by atoms with Crippen LogP contribution in [0.25, 0.3) is 10.9 Å². The van der Waals surface area contributed by atoms with E-state index < -0.39 is 0 Å². The van der Waals surface area contributed by atoms with Crippen molar-refractivity contribution in [3.63, 3.8) is 0 Å². The van der Waals surface area contributed by atoms with E-state index in [1.54, 1.807) is 28.8 Å². The lowest BCUT2D eigenvalue weighted by Crippen LogP contribution is -2.27. The Bertz CT molecular complexity index is 873. The van der Waals surface area contributed by atoms with Gasteiger partial charge in [-0.05, 0) is 36.2 Å². The summed E-state index contributed by atoms with van der Waals surface area (Å²) >= 11 is 6.00. The molecule has 1 heterocycles. The molecule has 0 spiro atoms. The highest BCUT2D eigenvalue weighted by Crippen LogP contribution is 2.22. The second kappa shape index (κ2) is 6.42. The van der Waals surface area contributed by atoms with Crippen LogP contribution >= 0.6 is 11.6 Å². The van der Waals surface area contributed by atoms with E-state index in [-0.39, 0.29) is 11.7 Å². The highest BCUT2D eigenvalue weighted by molar-refractivity contribution is 6.31. The topological polar surface area (TPSA) is 34.0 Å². The number of benzene rings is 2. The van der Waals surface area contributed by atoms with Crippen LogP contribution in [0.2, 0.25) is 5.02 Å². The zero-order valence-electron chi connectivity index (χ0n) is 12.6. The van der Waals surface area contributed by atoms with Gasteiger partial charge in [-0.2, -0.15) is 0 Å². The summed E-state index contributed by atoms with van der Waals surface area (Å²) < 4.78 is 15.4. The predicted molar refractivity (Wildman–Crippen MR) is 90.4 cm³/mol. The molecule has 5 heteroatoms. The summed E-state index contributed by atoms with van der Waals surface area (Å²) in [6.07, 6.45) is 0.453. The molecule has 0 aliphatic rings. The van der Waals surface area contributed by atoms with Crippen molar-refractivity contribution in [3.05, 3.63) is 70.6 Å². The quantitative estimate of drug-likeness (QED) is 0.772. The molecule has 23 heavy (non-hydrogen) atoms. The minimum absolute atomic E-state index is 0.184. The number of aromatic nitrogens is 1. The first kappa shape index (κ1) is 15.6. The first-order valence-electron chi connectivity index (χ1n) is 7.33. The van der Waals surface area contributed by atoms with Crippen molar-refractivity contribution in [2.45, 2.75) is 6.42 Å². The van der Waals surface area contributed by atoms with E-state index in [0.717, 1.165) is 10.9 Å². The third kappa shape index (κ3) is 3.22. The zero-order chi connectivity index (χ0) is 16.4. The van der Waals surface area contributed by atoms with E-state index in [4.69, 9.17) is 11.6 Å². The van der Waals surface area contributed by atoms with E-state index in [1.165, 1.54) is 6.07 Å². The lowest BCUT2D eigenvalue weighted by Gasteiger charge is -2.07. The fourth-order valence-electron chi connectivity index (χ4n) is 2.62. The number of carbonyl (C=O) groups excluding carboxylic acids is 1. The lowest BCUT2D eigenvalue weighted by atomic mass is 10.1. The van der Waals surface area contributed by atoms with Crippen LogP contribution in [-0.4, -0.2) is 17.0 Å². The summed E-state index contributed by atoms with van der Waals surface area (Å²) in [5.74, 6) is -0.433. The summed E-state index contributed by atoms with van der Waals surface area (Å²) in [6, 6.07) is 13.9. The van der Waals surface area contributed by atoms with Gasteiger partial charge in [0.2, 0.25) is 0 Å². The van der Waals surface area contributed by atoms with Crippen molar-refractivity contribution in [2.24, 2.45) is 7.05 Å². The van der Waals surface area contributed by atoms with Gasteiger partial charge >= 0.3 is 0 Å². The van der Waals surface area contributed by atoms with E-state index >= 15 is 0 Å². The Balaban J connectivity index is 1.71. The number of amides is 1. The molecule has 0 saturated carbocycles. The number of rotatable bonds is 4. The van der Waals surface area contributed by atoms with E-state index in [1.807, 2.05) is 25.2 Å². The van der Waals surface area contributed by atoms with Gasteiger partial charge in [0, 0.05) is 29.5 Å². The van der Waals surface area contributed by atoms with Crippen molar-refractivity contribution in [2.75, 3.05) is 6.54 Å². The number of nitrogens with one attached hydrogen (secondary N) is 1. The molecule has 3 nitrogen and oxygen atoms in total. The molecule has 0 saturated heterocycles. The number of hydrogen-bond donors (Lipinski definition) is 1. The van der Waals surface area contributed by atoms with Gasteiger partial charge in [-0.1, -0.05) is 35.9 Å². The van der Waals surface area contributed by atoms with Gasteiger partial charge in [0.25, 0.3) is 5.91 Å². The molecule has 0 unspecified atom stereocenters. The SMILES string of the molecule is Cn1c(C(=O)NCCc2ccccc2F)cc2ccc(Cl)cc21. The first-order valence-corrected chi connectivity index (χ1v) is 7.70. The molecule has 118 valence electrons. The predicted octanol–water partition coefficient (Wildman–Crippen LogP) is 3.94. The Morgan fingerprint density at radius 1 is 1.22 bits per heavy atom. The molecule has 1 aromatic heterocycles. The van der Waals surface area contributed by atoms with Crippen LogP contribution in [0.5, 0.6) is 0 Å². The van der Waals surface area contributed by atoms with Crippen LogP contribution in [0, 0.1) is 5.82 Å². The van der Waals surface area contributed by atoms with Crippen LogP contribution in [-0.2, 0) is 13.5 Å². The Hall–Kier alpha value is -2.33. The number of fused-ring (bicyclic) bond motifs is 1. The molecule has 0 atom stereocenters. The summed E-state index contributed by atoms with van der Waals surface area (Å²) in [5, 5.41) is 4.42. The summed E-state index contributed by atoms with van der Waals surface area (Å²) in [4.78, 5) is 12.3. The third-order valence-corrected chi connectivity index (χ3v) is 4.11.